The summed E-state index contributed by atoms with van der Waals surface area (Å²) < 4.78 is 0. The number of rotatable bonds is 1. The second-order valence-corrected chi connectivity index (χ2v) is 5.51. The molecule has 1 spiro atoms. The Labute approximate surface area is 82.5 Å². The van der Waals surface area contributed by atoms with Crippen molar-refractivity contribution in [2.24, 2.45) is 5.41 Å². The molecule has 2 fully saturated rings. The first-order valence-corrected chi connectivity index (χ1v) is 5.89. The van der Waals surface area contributed by atoms with Crippen molar-refractivity contribution in [1.29, 1.82) is 0 Å². The van der Waals surface area contributed by atoms with Crippen LogP contribution < -0.4 is 0 Å². The molecule has 76 valence electrons. The lowest BCUT2D eigenvalue weighted by molar-refractivity contribution is -0.0215. The van der Waals surface area contributed by atoms with Gasteiger partial charge in [0.2, 0.25) is 0 Å². The fourth-order valence-electron chi connectivity index (χ4n) is 3.08. The molecule has 1 saturated carbocycles. The van der Waals surface area contributed by atoms with Crippen molar-refractivity contribution in [2.75, 3.05) is 6.54 Å². The summed E-state index contributed by atoms with van der Waals surface area (Å²) in [6.45, 7) is 8.46. The van der Waals surface area contributed by atoms with E-state index in [0.29, 0.717) is 0 Å². The van der Waals surface area contributed by atoms with Crippen molar-refractivity contribution >= 4 is 0 Å². The van der Waals surface area contributed by atoms with Gasteiger partial charge in [-0.05, 0) is 51.9 Å². The second-order valence-electron chi connectivity index (χ2n) is 5.51. The second kappa shape index (κ2) is 3.27. The zero-order valence-corrected chi connectivity index (χ0v) is 9.34. The molecule has 0 N–H and O–H groups in total. The van der Waals surface area contributed by atoms with E-state index in [0.717, 1.165) is 17.5 Å². The third kappa shape index (κ3) is 1.63. The Morgan fingerprint density at radius 3 is 2.38 bits per heavy atom. The molecule has 1 saturated heterocycles. The van der Waals surface area contributed by atoms with Gasteiger partial charge in [0.25, 0.3) is 0 Å². The molecule has 0 unspecified atom stereocenters. The molecule has 0 bridgehead atoms. The fourth-order valence-corrected chi connectivity index (χ4v) is 3.08. The van der Waals surface area contributed by atoms with Gasteiger partial charge in [0.15, 0.2) is 0 Å². The Bertz CT molecular complexity index is 182. The lowest BCUT2D eigenvalue weighted by Crippen LogP contribution is -2.53. The van der Waals surface area contributed by atoms with Crippen LogP contribution in [0.2, 0.25) is 0 Å². The van der Waals surface area contributed by atoms with Gasteiger partial charge in [-0.2, -0.15) is 0 Å². The van der Waals surface area contributed by atoms with Crippen molar-refractivity contribution in [3.8, 4) is 0 Å². The molecule has 1 aliphatic carbocycles. The summed E-state index contributed by atoms with van der Waals surface area (Å²) in [6.07, 6.45) is 7.42. The molecule has 0 radical (unpaired) electrons. The number of hydrogen-bond acceptors (Lipinski definition) is 1. The predicted octanol–water partition coefficient (Wildman–Crippen LogP) is 3.05. The normalized spacial score (nSPS) is 33.7. The van der Waals surface area contributed by atoms with E-state index in [1.807, 2.05) is 0 Å². The highest BCUT2D eigenvalue weighted by Gasteiger charge is 2.42. The number of hydrogen-bond donors (Lipinski definition) is 0. The zero-order valence-electron chi connectivity index (χ0n) is 9.34. The van der Waals surface area contributed by atoms with Crippen molar-refractivity contribution in [3.05, 3.63) is 0 Å². The van der Waals surface area contributed by atoms with Crippen LogP contribution in [0.25, 0.3) is 0 Å². The van der Waals surface area contributed by atoms with Crippen LogP contribution in [0.3, 0.4) is 0 Å². The maximum absolute atomic E-state index is 2.71. The van der Waals surface area contributed by atoms with Gasteiger partial charge in [0.1, 0.15) is 0 Å². The monoisotopic (exact) mass is 181 g/mol. The summed E-state index contributed by atoms with van der Waals surface area (Å²) in [5.41, 5.74) is 0.761. The van der Waals surface area contributed by atoms with Gasteiger partial charge in [-0.3, -0.25) is 4.90 Å². The molecule has 1 aliphatic heterocycles. The van der Waals surface area contributed by atoms with Crippen LogP contribution in [0.5, 0.6) is 0 Å². The molecule has 0 amide bonds. The van der Waals surface area contributed by atoms with E-state index in [-0.39, 0.29) is 0 Å². The Hall–Kier alpha value is -0.0400. The molecule has 1 heterocycles. The van der Waals surface area contributed by atoms with Gasteiger partial charge in [0.05, 0.1) is 0 Å². The predicted molar refractivity (Wildman–Crippen MR) is 56.8 cm³/mol. The smallest absolute Gasteiger partial charge is 0.00700 e. The lowest BCUT2D eigenvalue weighted by atomic mass is 9.63. The highest BCUT2D eigenvalue weighted by Crippen LogP contribution is 2.48. The molecule has 0 aromatic heterocycles. The summed E-state index contributed by atoms with van der Waals surface area (Å²) in [6, 6.07) is 1.57. The Balaban J connectivity index is 2.01. The van der Waals surface area contributed by atoms with Crippen LogP contribution in [0.15, 0.2) is 0 Å². The molecular weight excluding hydrogens is 158 g/mol. The fraction of sp³-hybridized carbons (Fsp3) is 1.00. The first-order valence-electron chi connectivity index (χ1n) is 5.89. The maximum atomic E-state index is 2.71. The van der Waals surface area contributed by atoms with E-state index in [4.69, 9.17) is 0 Å². The Morgan fingerprint density at radius 1 is 1.23 bits per heavy atom. The summed E-state index contributed by atoms with van der Waals surface area (Å²) in [4.78, 5) is 2.71. The third-order valence-corrected chi connectivity index (χ3v) is 4.25. The van der Waals surface area contributed by atoms with E-state index >= 15 is 0 Å². The lowest BCUT2D eigenvalue weighted by Gasteiger charge is -2.52. The molecule has 1 heteroatoms. The van der Waals surface area contributed by atoms with Gasteiger partial charge in [-0.15, -0.1) is 0 Å². The average Bonchev–Trinajstić information content (AvgIpc) is 2.02. The molecule has 1 nitrogen and oxygen atoms in total. The molecule has 0 aromatic rings. The van der Waals surface area contributed by atoms with Crippen molar-refractivity contribution in [1.82, 2.24) is 4.90 Å². The molecule has 0 aromatic carbocycles. The van der Waals surface area contributed by atoms with Crippen LogP contribution in [0.1, 0.15) is 52.9 Å². The number of nitrogens with zero attached hydrogens (tertiary/aromatic N) is 1. The zero-order chi connectivity index (χ0) is 9.47. The van der Waals surface area contributed by atoms with Gasteiger partial charge in [-0.1, -0.05) is 6.42 Å². The number of piperidine rings is 1. The van der Waals surface area contributed by atoms with Crippen molar-refractivity contribution in [3.63, 3.8) is 0 Å². The first-order chi connectivity index (χ1) is 6.13. The van der Waals surface area contributed by atoms with Crippen LogP contribution in [0, 0.1) is 5.41 Å². The van der Waals surface area contributed by atoms with Crippen molar-refractivity contribution < 1.29 is 0 Å². The standard InChI is InChI=1S/C12H23N/c1-10(2)13-9-12(6-4-7-12)8-5-11(13)3/h10-11H,4-9H2,1-3H3/t11-/m0/s1. The molecular formula is C12H23N. The molecule has 2 aliphatic rings. The SMILES string of the molecule is CC(C)N1CC2(CCC2)CC[C@@H]1C. The molecule has 1 atom stereocenters. The van der Waals surface area contributed by atoms with Crippen LogP contribution in [0.4, 0.5) is 0 Å². The highest BCUT2D eigenvalue weighted by molar-refractivity contribution is 4.96. The van der Waals surface area contributed by atoms with E-state index in [1.54, 1.807) is 0 Å². The van der Waals surface area contributed by atoms with Crippen LogP contribution in [-0.2, 0) is 0 Å². The summed E-state index contributed by atoms with van der Waals surface area (Å²) in [5.74, 6) is 0. The first kappa shape index (κ1) is 9.51. The average molecular weight is 181 g/mol. The Kier molecular flexibility index (Phi) is 2.39. The van der Waals surface area contributed by atoms with Crippen molar-refractivity contribution in [2.45, 2.75) is 65.0 Å². The van der Waals surface area contributed by atoms with Gasteiger partial charge >= 0.3 is 0 Å². The van der Waals surface area contributed by atoms with Gasteiger partial charge < -0.3 is 0 Å². The maximum Gasteiger partial charge on any atom is 0.00700 e. The topological polar surface area (TPSA) is 3.24 Å². The summed E-state index contributed by atoms with van der Waals surface area (Å²) in [5, 5.41) is 0. The van der Waals surface area contributed by atoms with E-state index in [2.05, 4.69) is 25.7 Å². The molecule has 13 heavy (non-hydrogen) atoms. The van der Waals surface area contributed by atoms with Gasteiger partial charge in [0, 0.05) is 18.6 Å². The van der Waals surface area contributed by atoms with E-state index in [9.17, 15) is 0 Å². The molecule has 2 rings (SSSR count). The largest absolute Gasteiger partial charge is 0.298 e. The minimum Gasteiger partial charge on any atom is -0.298 e. The van der Waals surface area contributed by atoms with E-state index < -0.39 is 0 Å². The van der Waals surface area contributed by atoms with Crippen LogP contribution in [-0.4, -0.2) is 23.5 Å². The van der Waals surface area contributed by atoms with Gasteiger partial charge in [-0.25, -0.2) is 0 Å². The highest BCUT2D eigenvalue weighted by atomic mass is 15.2. The quantitative estimate of drug-likeness (QED) is 0.601. The minimum atomic E-state index is 0.743. The van der Waals surface area contributed by atoms with E-state index in [1.165, 1.54) is 38.6 Å². The minimum absolute atomic E-state index is 0.743. The van der Waals surface area contributed by atoms with Crippen LogP contribution >= 0.6 is 0 Å². The Morgan fingerprint density at radius 2 is 1.92 bits per heavy atom. The number of likely N-dealkylation sites (tertiary alicyclic amines) is 1. The third-order valence-electron chi connectivity index (χ3n) is 4.25. The summed E-state index contributed by atoms with van der Waals surface area (Å²) in [7, 11) is 0. The summed E-state index contributed by atoms with van der Waals surface area (Å²) >= 11 is 0.